The van der Waals surface area contributed by atoms with E-state index in [-0.39, 0.29) is 12.2 Å². The molecule has 9 heteroatoms. The molecule has 0 spiro atoms. The minimum Gasteiger partial charge on any atom is -0.508 e. The molecule has 1 saturated carbocycles. The summed E-state index contributed by atoms with van der Waals surface area (Å²) in [6.45, 7) is 10.3. The van der Waals surface area contributed by atoms with Gasteiger partial charge in [-0.3, -0.25) is 19.2 Å². The number of aromatic hydroxyl groups is 1. The summed E-state index contributed by atoms with van der Waals surface area (Å²) < 4.78 is 16.9. The van der Waals surface area contributed by atoms with Crippen LogP contribution >= 0.6 is 0 Å². The number of fused-ring (bicyclic) bond motifs is 3. The summed E-state index contributed by atoms with van der Waals surface area (Å²) in [7, 11) is 0. The number of hydrogen-bond donors (Lipinski definition) is 2. The topological polar surface area (TPSA) is 136 Å². The smallest absolute Gasteiger partial charge is 0.303 e. The minimum atomic E-state index is -1.68. The lowest BCUT2D eigenvalue weighted by Crippen LogP contribution is -2.78. The average molecular weight is 477 g/mol. The highest BCUT2D eigenvalue weighted by Gasteiger charge is 2.74. The Labute approximate surface area is 198 Å². The van der Waals surface area contributed by atoms with Gasteiger partial charge in [-0.25, -0.2) is 0 Å². The highest BCUT2D eigenvalue weighted by molar-refractivity contribution is 5.80. The predicted octanol–water partition coefficient (Wildman–Crippen LogP) is 2.28. The first-order valence-corrected chi connectivity index (χ1v) is 11.2. The van der Waals surface area contributed by atoms with Gasteiger partial charge in [0.25, 0.3) is 0 Å². The number of esters is 3. The lowest BCUT2D eigenvalue weighted by molar-refractivity contribution is -0.284. The Morgan fingerprint density at radius 1 is 1.00 bits per heavy atom. The Bertz CT molecular complexity index is 1060. The Balaban J connectivity index is 2.43. The standard InChI is InChI=1S/C25H32O9/c1-12-16(11-26)10-18(30)19-17(12)8-9-25(31)23(5,6)21(33-14(3)28)20(32-13(2)27)22(24(19,25)7)34-15(4)29/h10-11,20-22,30-31H,8-9H2,1-7H3/t20-,21+,22-,24-,25+/m0/s1. The fourth-order valence-electron chi connectivity index (χ4n) is 6.21. The van der Waals surface area contributed by atoms with Crippen molar-refractivity contribution in [1.29, 1.82) is 0 Å². The Kier molecular flexibility index (Phi) is 6.32. The number of aliphatic hydroxyl groups is 1. The first kappa shape index (κ1) is 25.7. The maximum Gasteiger partial charge on any atom is 0.303 e. The van der Waals surface area contributed by atoms with E-state index in [0.717, 1.165) is 0 Å². The van der Waals surface area contributed by atoms with Crippen LogP contribution in [0.15, 0.2) is 6.07 Å². The van der Waals surface area contributed by atoms with Gasteiger partial charge in [-0.2, -0.15) is 0 Å². The third-order valence-electron chi connectivity index (χ3n) is 7.81. The van der Waals surface area contributed by atoms with Gasteiger partial charge in [-0.05, 0) is 43.9 Å². The number of carbonyl (C=O) groups excluding carboxylic acids is 4. The number of hydrogen-bond acceptors (Lipinski definition) is 9. The minimum absolute atomic E-state index is 0.147. The quantitative estimate of drug-likeness (QED) is 0.381. The highest BCUT2D eigenvalue weighted by Crippen LogP contribution is 2.63. The van der Waals surface area contributed by atoms with Crippen LogP contribution in [0.5, 0.6) is 5.75 Å². The predicted molar refractivity (Wildman–Crippen MR) is 119 cm³/mol. The number of benzene rings is 1. The molecule has 5 atom stereocenters. The second kappa shape index (κ2) is 8.37. The van der Waals surface area contributed by atoms with Gasteiger partial charge in [0, 0.05) is 37.3 Å². The van der Waals surface area contributed by atoms with Crippen molar-refractivity contribution in [3.63, 3.8) is 0 Å². The molecule has 2 aliphatic carbocycles. The van der Waals surface area contributed by atoms with Gasteiger partial charge in [-0.1, -0.05) is 13.8 Å². The summed E-state index contributed by atoms with van der Waals surface area (Å²) in [5, 5.41) is 23.5. The number of rotatable bonds is 4. The molecule has 2 aliphatic rings. The van der Waals surface area contributed by atoms with Crippen molar-refractivity contribution in [3.05, 3.63) is 28.3 Å². The summed E-state index contributed by atoms with van der Waals surface area (Å²) in [6, 6.07) is 1.31. The molecule has 0 unspecified atom stereocenters. The molecule has 0 amide bonds. The van der Waals surface area contributed by atoms with Gasteiger partial charge >= 0.3 is 17.9 Å². The van der Waals surface area contributed by atoms with Crippen LogP contribution in [-0.2, 0) is 40.4 Å². The van der Waals surface area contributed by atoms with E-state index in [1.165, 1.54) is 26.8 Å². The fourth-order valence-corrected chi connectivity index (χ4v) is 6.21. The molecule has 0 aromatic heterocycles. The SMILES string of the molecule is CC(=O)O[C@H]1[C@@H](OC(C)=O)C(C)(C)[C@]2(O)CCc3c(C)c(C=O)cc(O)c3[C@@]2(C)[C@H]1OC(C)=O. The molecule has 9 nitrogen and oxygen atoms in total. The van der Waals surface area contributed by atoms with Crippen LogP contribution in [0.3, 0.4) is 0 Å². The van der Waals surface area contributed by atoms with Crippen LogP contribution in [0.4, 0.5) is 0 Å². The van der Waals surface area contributed by atoms with Gasteiger partial charge in [0.05, 0.1) is 11.0 Å². The van der Waals surface area contributed by atoms with Crippen LogP contribution in [0.1, 0.15) is 75.0 Å². The van der Waals surface area contributed by atoms with Gasteiger partial charge in [0.1, 0.15) is 12.0 Å². The van der Waals surface area contributed by atoms with Gasteiger partial charge in [0.15, 0.2) is 18.3 Å². The molecule has 0 heterocycles. The number of carbonyl (C=O) groups is 4. The van der Waals surface area contributed by atoms with E-state index in [0.29, 0.717) is 35.0 Å². The summed E-state index contributed by atoms with van der Waals surface area (Å²) in [4.78, 5) is 48.0. The summed E-state index contributed by atoms with van der Waals surface area (Å²) >= 11 is 0. The van der Waals surface area contributed by atoms with Crippen LogP contribution in [0, 0.1) is 12.3 Å². The van der Waals surface area contributed by atoms with Crippen LogP contribution in [0.2, 0.25) is 0 Å². The normalized spacial score (nSPS) is 31.5. The monoisotopic (exact) mass is 476 g/mol. The highest BCUT2D eigenvalue weighted by atomic mass is 16.6. The van der Waals surface area contributed by atoms with Crippen molar-refractivity contribution in [2.45, 2.75) is 90.6 Å². The third kappa shape index (κ3) is 3.48. The molecule has 0 aliphatic heterocycles. The Hall–Kier alpha value is -2.94. The van der Waals surface area contributed by atoms with Crippen molar-refractivity contribution in [2.24, 2.45) is 5.41 Å². The zero-order valence-electron chi connectivity index (χ0n) is 20.6. The van der Waals surface area contributed by atoms with E-state index in [9.17, 15) is 29.4 Å². The van der Waals surface area contributed by atoms with Crippen LogP contribution in [0.25, 0.3) is 0 Å². The number of ether oxygens (including phenoxy) is 3. The summed E-state index contributed by atoms with van der Waals surface area (Å²) in [5.41, 5.74) is -2.50. The van der Waals surface area contributed by atoms with Gasteiger partial charge < -0.3 is 24.4 Å². The molecule has 1 aromatic rings. The first-order chi connectivity index (χ1) is 15.6. The third-order valence-corrected chi connectivity index (χ3v) is 7.81. The molecule has 1 fully saturated rings. The largest absolute Gasteiger partial charge is 0.508 e. The molecule has 2 N–H and O–H groups in total. The van der Waals surface area contributed by atoms with Crippen molar-refractivity contribution >= 4 is 24.2 Å². The zero-order valence-corrected chi connectivity index (χ0v) is 20.6. The zero-order chi connectivity index (χ0) is 25.8. The van der Waals surface area contributed by atoms with E-state index in [1.54, 1.807) is 27.7 Å². The maximum atomic E-state index is 12.4. The second-order valence-corrected chi connectivity index (χ2v) is 10.00. The van der Waals surface area contributed by atoms with Crippen molar-refractivity contribution in [1.82, 2.24) is 0 Å². The maximum absolute atomic E-state index is 12.4. The van der Waals surface area contributed by atoms with Crippen molar-refractivity contribution in [2.75, 3.05) is 0 Å². The molecular weight excluding hydrogens is 444 g/mol. The van der Waals surface area contributed by atoms with E-state index in [4.69, 9.17) is 14.2 Å². The molecule has 0 radical (unpaired) electrons. The van der Waals surface area contributed by atoms with Crippen molar-refractivity contribution in [3.8, 4) is 5.75 Å². The lowest BCUT2D eigenvalue weighted by Gasteiger charge is -2.65. The number of phenolic OH excluding ortho intramolecular Hbond substituents is 1. The lowest BCUT2D eigenvalue weighted by atomic mass is 9.44. The van der Waals surface area contributed by atoms with Gasteiger partial charge in [0.2, 0.25) is 0 Å². The molecule has 0 saturated heterocycles. The molecular formula is C25H32O9. The van der Waals surface area contributed by atoms with Crippen LogP contribution < -0.4 is 0 Å². The summed E-state index contributed by atoms with van der Waals surface area (Å²) in [6.07, 6.45) is -2.65. The van der Waals surface area contributed by atoms with Crippen molar-refractivity contribution < 1.29 is 43.6 Å². The molecule has 186 valence electrons. The Morgan fingerprint density at radius 2 is 1.53 bits per heavy atom. The van der Waals surface area contributed by atoms with E-state index < -0.39 is 52.7 Å². The second-order valence-electron chi connectivity index (χ2n) is 10.00. The average Bonchev–Trinajstić information content (AvgIpc) is 2.71. The number of phenols is 1. The first-order valence-electron chi connectivity index (χ1n) is 11.2. The summed E-state index contributed by atoms with van der Waals surface area (Å²) in [5.74, 6) is -2.31. The Morgan fingerprint density at radius 3 is 2.03 bits per heavy atom. The van der Waals surface area contributed by atoms with E-state index in [1.807, 2.05) is 0 Å². The number of aldehydes is 1. The van der Waals surface area contributed by atoms with E-state index in [2.05, 4.69) is 0 Å². The van der Waals surface area contributed by atoms with Crippen LogP contribution in [-0.4, -0.2) is 58.3 Å². The molecule has 0 bridgehead atoms. The fraction of sp³-hybridized carbons (Fsp3) is 0.600. The molecule has 34 heavy (non-hydrogen) atoms. The van der Waals surface area contributed by atoms with Gasteiger partial charge in [-0.15, -0.1) is 0 Å². The molecule has 1 aromatic carbocycles. The van der Waals surface area contributed by atoms with E-state index >= 15 is 0 Å². The molecule has 3 rings (SSSR count).